The molecule has 0 heterocycles. The molecule has 27 heavy (non-hydrogen) atoms. The van der Waals surface area contributed by atoms with E-state index in [0.29, 0.717) is 6.04 Å². The molecule has 0 spiro atoms. The molecule has 0 radical (unpaired) electrons. The molecule has 0 saturated carbocycles. The summed E-state index contributed by atoms with van der Waals surface area (Å²) in [6.45, 7) is 4.59. The topological polar surface area (TPSA) is 26.0 Å². The Morgan fingerprint density at radius 2 is 0.630 bits per heavy atom. The molecule has 0 aromatic heterocycles. The van der Waals surface area contributed by atoms with Gasteiger partial charge in [-0.25, -0.2) is 0 Å². The lowest BCUT2D eigenvalue weighted by Gasteiger charge is -2.11. The van der Waals surface area contributed by atoms with E-state index >= 15 is 0 Å². The van der Waals surface area contributed by atoms with E-state index in [4.69, 9.17) is 5.73 Å². The first-order valence-electron chi connectivity index (χ1n) is 12.6. The van der Waals surface area contributed by atoms with Gasteiger partial charge in [-0.05, 0) is 12.8 Å². The summed E-state index contributed by atoms with van der Waals surface area (Å²) in [7, 11) is 0. The zero-order valence-electron chi connectivity index (χ0n) is 19.1. The molecule has 166 valence electrons. The first-order valence-corrected chi connectivity index (χ1v) is 12.6. The summed E-state index contributed by atoms with van der Waals surface area (Å²) >= 11 is 0. The van der Waals surface area contributed by atoms with Crippen LogP contribution in [-0.4, -0.2) is 6.04 Å². The van der Waals surface area contributed by atoms with Gasteiger partial charge in [0.15, 0.2) is 0 Å². The Labute approximate surface area is 183 Å². The lowest BCUT2D eigenvalue weighted by Crippen LogP contribution is -2.19. The molecule has 0 aromatic rings. The zero-order chi connectivity index (χ0) is 19.1. The molecule has 0 aliphatic heterocycles. The van der Waals surface area contributed by atoms with Gasteiger partial charge in [-0.15, -0.1) is 17.0 Å². The van der Waals surface area contributed by atoms with Crippen molar-refractivity contribution in [2.45, 2.75) is 161 Å². The lowest BCUT2D eigenvalue weighted by atomic mass is 10.00. The Morgan fingerprint density at radius 3 is 0.889 bits per heavy atom. The smallest absolute Gasteiger partial charge is 0.00388 e. The summed E-state index contributed by atoms with van der Waals surface area (Å²) in [5, 5.41) is 0. The standard InChI is InChI=1S/C25H53N.BrH/c1-3-5-7-9-11-13-15-17-19-21-23-25(26)24-22-20-18-16-14-12-10-8-6-4-2;/h25H,3-24,26H2,1-2H3;1H. The van der Waals surface area contributed by atoms with Gasteiger partial charge in [0, 0.05) is 6.04 Å². The highest BCUT2D eigenvalue weighted by Gasteiger charge is 2.02. The normalized spacial score (nSPS) is 11.1. The fraction of sp³-hybridized carbons (Fsp3) is 1.00. The van der Waals surface area contributed by atoms with E-state index in [1.165, 1.54) is 141 Å². The molecule has 2 heteroatoms. The van der Waals surface area contributed by atoms with Crippen LogP contribution in [0.1, 0.15) is 155 Å². The van der Waals surface area contributed by atoms with Crippen molar-refractivity contribution in [2.24, 2.45) is 5.73 Å². The van der Waals surface area contributed by atoms with Crippen LogP contribution in [0.3, 0.4) is 0 Å². The van der Waals surface area contributed by atoms with Gasteiger partial charge < -0.3 is 5.73 Å². The molecule has 0 aromatic carbocycles. The van der Waals surface area contributed by atoms with Crippen LogP contribution in [0.2, 0.25) is 0 Å². The molecule has 0 fully saturated rings. The monoisotopic (exact) mass is 447 g/mol. The third-order valence-electron chi connectivity index (χ3n) is 5.86. The van der Waals surface area contributed by atoms with Crippen molar-refractivity contribution >= 4 is 17.0 Å². The Kier molecular flexibility index (Phi) is 29.0. The van der Waals surface area contributed by atoms with Crippen molar-refractivity contribution < 1.29 is 0 Å². The molecule has 0 atom stereocenters. The number of rotatable bonds is 22. The largest absolute Gasteiger partial charge is 0.328 e. The van der Waals surface area contributed by atoms with Crippen LogP contribution in [0, 0.1) is 0 Å². The van der Waals surface area contributed by atoms with Gasteiger partial charge in [0.1, 0.15) is 0 Å². The van der Waals surface area contributed by atoms with Crippen molar-refractivity contribution in [3.05, 3.63) is 0 Å². The summed E-state index contributed by atoms with van der Waals surface area (Å²) in [6, 6.07) is 0.470. The molecule has 0 aliphatic rings. The van der Waals surface area contributed by atoms with E-state index < -0.39 is 0 Å². The van der Waals surface area contributed by atoms with Crippen LogP contribution in [0.15, 0.2) is 0 Å². The van der Waals surface area contributed by atoms with Gasteiger partial charge in [-0.2, -0.15) is 0 Å². The van der Waals surface area contributed by atoms with Gasteiger partial charge in [-0.1, -0.05) is 142 Å². The fourth-order valence-corrected chi connectivity index (χ4v) is 3.93. The average Bonchev–Trinajstić information content (AvgIpc) is 2.64. The Bertz CT molecular complexity index is 220. The number of unbranched alkanes of at least 4 members (excludes halogenated alkanes) is 18. The first-order chi connectivity index (χ1) is 12.8. The zero-order valence-corrected chi connectivity index (χ0v) is 20.8. The molecule has 0 rings (SSSR count). The predicted molar refractivity (Wildman–Crippen MR) is 131 cm³/mol. The minimum atomic E-state index is 0. The Balaban J connectivity index is 0. The molecule has 0 aliphatic carbocycles. The van der Waals surface area contributed by atoms with Crippen molar-refractivity contribution in [2.75, 3.05) is 0 Å². The maximum Gasteiger partial charge on any atom is 0.00388 e. The van der Waals surface area contributed by atoms with Crippen LogP contribution >= 0.6 is 17.0 Å². The van der Waals surface area contributed by atoms with E-state index in [-0.39, 0.29) is 17.0 Å². The number of halogens is 1. The fourth-order valence-electron chi connectivity index (χ4n) is 3.93. The average molecular weight is 449 g/mol. The van der Waals surface area contributed by atoms with Crippen LogP contribution in [0.5, 0.6) is 0 Å². The van der Waals surface area contributed by atoms with Crippen LogP contribution in [-0.2, 0) is 0 Å². The molecule has 2 N–H and O–H groups in total. The quantitative estimate of drug-likeness (QED) is 0.164. The van der Waals surface area contributed by atoms with Gasteiger partial charge in [0.05, 0.1) is 0 Å². The first kappa shape index (κ1) is 29.6. The molecule has 1 nitrogen and oxygen atoms in total. The van der Waals surface area contributed by atoms with Crippen molar-refractivity contribution in [3.63, 3.8) is 0 Å². The van der Waals surface area contributed by atoms with E-state index in [1.807, 2.05) is 0 Å². The number of hydrogen-bond donors (Lipinski definition) is 1. The number of hydrogen-bond acceptors (Lipinski definition) is 1. The molecular formula is C25H54BrN. The second-order valence-electron chi connectivity index (χ2n) is 8.70. The van der Waals surface area contributed by atoms with Crippen LogP contribution in [0.25, 0.3) is 0 Å². The Hall–Kier alpha value is 0.440. The van der Waals surface area contributed by atoms with Crippen molar-refractivity contribution in [1.29, 1.82) is 0 Å². The summed E-state index contributed by atoms with van der Waals surface area (Å²) in [5.41, 5.74) is 6.29. The second-order valence-corrected chi connectivity index (χ2v) is 8.70. The third-order valence-corrected chi connectivity index (χ3v) is 5.86. The van der Waals surface area contributed by atoms with E-state index in [1.54, 1.807) is 0 Å². The van der Waals surface area contributed by atoms with E-state index in [2.05, 4.69) is 13.8 Å². The van der Waals surface area contributed by atoms with Crippen molar-refractivity contribution in [1.82, 2.24) is 0 Å². The van der Waals surface area contributed by atoms with Gasteiger partial charge in [0.2, 0.25) is 0 Å². The minimum Gasteiger partial charge on any atom is -0.328 e. The van der Waals surface area contributed by atoms with Gasteiger partial charge in [0.25, 0.3) is 0 Å². The number of nitrogens with two attached hydrogens (primary N) is 1. The SMILES string of the molecule is Br.CCCCCCCCCCCCC(N)CCCCCCCCCCCC. The predicted octanol–water partition coefficient (Wildman–Crippen LogP) is 9.51. The highest BCUT2D eigenvalue weighted by molar-refractivity contribution is 8.93. The molecular weight excluding hydrogens is 394 g/mol. The molecule has 0 amide bonds. The molecule has 0 bridgehead atoms. The van der Waals surface area contributed by atoms with Crippen LogP contribution < -0.4 is 5.73 Å². The van der Waals surface area contributed by atoms with E-state index in [9.17, 15) is 0 Å². The summed E-state index contributed by atoms with van der Waals surface area (Å²) < 4.78 is 0. The van der Waals surface area contributed by atoms with Crippen molar-refractivity contribution in [3.8, 4) is 0 Å². The molecule has 0 unspecified atom stereocenters. The molecule has 0 saturated heterocycles. The summed E-state index contributed by atoms with van der Waals surface area (Å²) in [5.74, 6) is 0. The highest BCUT2D eigenvalue weighted by Crippen LogP contribution is 2.15. The van der Waals surface area contributed by atoms with Gasteiger partial charge >= 0.3 is 0 Å². The van der Waals surface area contributed by atoms with Crippen LogP contribution in [0.4, 0.5) is 0 Å². The van der Waals surface area contributed by atoms with Gasteiger partial charge in [-0.3, -0.25) is 0 Å². The van der Waals surface area contributed by atoms with E-state index in [0.717, 1.165) is 0 Å². The summed E-state index contributed by atoms with van der Waals surface area (Å²) in [6.07, 6.45) is 31.0. The maximum atomic E-state index is 6.29. The highest BCUT2D eigenvalue weighted by atomic mass is 79.9. The maximum absolute atomic E-state index is 6.29. The Morgan fingerprint density at radius 1 is 0.407 bits per heavy atom. The lowest BCUT2D eigenvalue weighted by molar-refractivity contribution is 0.478. The third kappa shape index (κ3) is 26.4. The summed E-state index contributed by atoms with van der Waals surface area (Å²) in [4.78, 5) is 0. The second kappa shape index (κ2) is 26.4. The minimum absolute atomic E-state index is 0.